The average Bonchev–Trinajstić information content (AvgIpc) is 2.84. The Hall–Kier alpha value is -1.00. The molecule has 1 saturated heterocycles. The number of carbonyl (C=O) groups excluding carboxylic acids is 1. The molecule has 1 aliphatic heterocycles. The number of amides is 1. The van der Waals surface area contributed by atoms with Crippen LogP contribution in [0.1, 0.15) is 24.5 Å². The van der Waals surface area contributed by atoms with Gasteiger partial charge in [-0.1, -0.05) is 36.8 Å². The molecule has 0 aromatic heterocycles. The van der Waals surface area contributed by atoms with Crippen molar-refractivity contribution in [1.82, 2.24) is 4.90 Å². The molecule has 2 rings (SSSR count). The second-order valence-electron chi connectivity index (χ2n) is 6.06. The summed E-state index contributed by atoms with van der Waals surface area (Å²) < 4.78 is 0. The van der Waals surface area contributed by atoms with Crippen LogP contribution in [-0.4, -0.2) is 36.2 Å². The molecule has 1 heterocycles. The van der Waals surface area contributed by atoms with Crippen LogP contribution < -0.4 is 5.73 Å². The van der Waals surface area contributed by atoms with Gasteiger partial charge in [0.1, 0.15) is 0 Å². The van der Waals surface area contributed by atoms with Gasteiger partial charge in [-0.3, -0.25) is 4.79 Å². The van der Waals surface area contributed by atoms with Crippen LogP contribution in [0.5, 0.6) is 0 Å². The largest absolute Gasteiger partial charge is 0.341 e. The molecule has 20 heavy (non-hydrogen) atoms. The minimum Gasteiger partial charge on any atom is -0.341 e. The van der Waals surface area contributed by atoms with Gasteiger partial charge in [-0.25, -0.2) is 0 Å². The highest BCUT2D eigenvalue weighted by atomic mass is 32.2. The molecular weight excluding hydrogens is 268 g/mol. The van der Waals surface area contributed by atoms with Gasteiger partial charge in [-0.2, -0.15) is 0 Å². The van der Waals surface area contributed by atoms with Crippen LogP contribution in [0, 0.1) is 12.3 Å². The Balaban J connectivity index is 1.74. The number of nitrogens with zero attached hydrogens (tertiary/aromatic N) is 1. The molecule has 1 unspecified atom stereocenters. The highest BCUT2D eigenvalue weighted by Crippen LogP contribution is 2.29. The maximum Gasteiger partial charge on any atom is 0.232 e. The van der Waals surface area contributed by atoms with E-state index in [0.29, 0.717) is 12.3 Å². The van der Waals surface area contributed by atoms with E-state index in [9.17, 15) is 4.79 Å². The van der Waals surface area contributed by atoms with Crippen LogP contribution in [0.2, 0.25) is 0 Å². The van der Waals surface area contributed by atoms with E-state index in [0.717, 1.165) is 25.3 Å². The molecule has 4 heteroatoms. The molecule has 1 aromatic carbocycles. The number of aryl methyl sites for hydroxylation is 1. The molecule has 0 spiro atoms. The number of likely N-dealkylation sites (tertiary alicyclic amines) is 1. The van der Waals surface area contributed by atoms with E-state index in [2.05, 4.69) is 38.1 Å². The minimum atomic E-state index is 0.122. The second kappa shape index (κ2) is 6.64. The molecule has 110 valence electrons. The Morgan fingerprint density at radius 2 is 2.10 bits per heavy atom. The van der Waals surface area contributed by atoms with E-state index in [-0.39, 0.29) is 11.3 Å². The number of hydrogen-bond donors (Lipinski definition) is 1. The van der Waals surface area contributed by atoms with Gasteiger partial charge < -0.3 is 10.6 Å². The summed E-state index contributed by atoms with van der Waals surface area (Å²) in [5.41, 5.74) is 8.45. The zero-order valence-electron chi connectivity index (χ0n) is 12.4. The van der Waals surface area contributed by atoms with E-state index in [1.807, 2.05) is 4.90 Å². The SMILES string of the molecule is Cc1ccc(CSCC(=O)N2CCC(C)(CN)C2)cc1. The van der Waals surface area contributed by atoms with E-state index in [1.165, 1.54) is 11.1 Å². The van der Waals surface area contributed by atoms with Crippen molar-refractivity contribution in [3.8, 4) is 0 Å². The van der Waals surface area contributed by atoms with Crippen molar-refractivity contribution < 1.29 is 4.79 Å². The van der Waals surface area contributed by atoms with Crippen molar-refractivity contribution in [2.75, 3.05) is 25.4 Å². The van der Waals surface area contributed by atoms with E-state index in [1.54, 1.807) is 11.8 Å². The van der Waals surface area contributed by atoms with Gasteiger partial charge in [-0.15, -0.1) is 11.8 Å². The van der Waals surface area contributed by atoms with Gasteiger partial charge in [0.25, 0.3) is 0 Å². The monoisotopic (exact) mass is 292 g/mol. The highest BCUT2D eigenvalue weighted by molar-refractivity contribution is 7.99. The Morgan fingerprint density at radius 3 is 2.70 bits per heavy atom. The second-order valence-corrected chi connectivity index (χ2v) is 7.04. The normalized spacial score (nSPS) is 22.2. The summed E-state index contributed by atoms with van der Waals surface area (Å²) in [5.74, 6) is 1.71. The minimum absolute atomic E-state index is 0.122. The third kappa shape index (κ3) is 4.00. The Kier molecular flexibility index (Phi) is 5.11. The first-order valence-electron chi connectivity index (χ1n) is 7.13. The van der Waals surface area contributed by atoms with Crippen molar-refractivity contribution in [2.24, 2.45) is 11.1 Å². The third-order valence-corrected chi connectivity index (χ3v) is 5.01. The zero-order valence-corrected chi connectivity index (χ0v) is 13.2. The maximum absolute atomic E-state index is 12.2. The topological polar surface area (TPSA) is 46.3 Å². The molecule has 0 bridgehead atoms. The zero-order chi connectivity index (χ0) is 14.6. The Bertz CT molecular complexity index is 460. The first-order valence-corrected chi connectivity index (χ1v) is 8.29. The van der Waals surface area contributed by atoms with Crippen LogP contribution in [-0.2, 0) is 10.5 Å². The first kappa shape index (κ1) is 15.4. The van der Waals surface area contributed by atoms with E-state index < -0.39 is 0 Å². The Labute approximate surface area is 125 Å². The van der Waals surface area contributed by atoms with Gasteiger partial charge in [0, 0.05) is 18.8 Å². The summed E-state index contributed by atoms with van der Waals surface area (Å²) >= 11 is 1.69. The van der Waals surface area contributed by atoms with Crippen molar-refractivity contribution in [3.63, 3.8) is 0 Å². The lowest BCUT2D eigenvalue weighted by Crippen LogP contribution is -2.35. The summed E-state index contributed by atoms with van der Waals surface area (Å²) in [7, 11) is 0. The van der Waals surface area contributed by atoms with Crippen LogP contribution in [0.25, 0.3) is 0 Å². The van der Waals surface area contributed by atoms with Gasteiger partial charge in [-0.05, 0) is 30.9 Å². The molecule has 1 aromatic rings. The number of carbonyl (C=O) groups is 1. The van der Waals surface area contributed by atoms with E-state index in [4.69, 9.17) is 5.73 Å². The van der Waals surface area contributed by atoms with Gasteiger partial charge in [0.15, 0.2) is 0 Å². The fourth-order valence-electron chi connectivity index (χ4n) is 2.44. The quantitative estimate of drug-likeness (QED) is 0.906. The van der Waals surface area contributed by atoms with Crippen LogP contribution in [0.15, 0.2) is 24.3 Å². The number of rotatable bonds is 5. The standard InChI is InChI=1S/C16H24N2OS/c1-13-3-5-14(6-4-13)9-20-10-15(19)18-8-7-16(2,11-17)12-18/h3-6H,7-12,17H2,1-2H3. The highest BCUT2D eigenvalue weighted by Gasteiger charge is 2.34. The third-order valence-electron chi connectivity index (χ3n) is 4.02. The predicted molar refractivity (Wildman–Crippen MR) is 85.7 cm³/mol. The smallest absolute Gasteiger partial charge is 0.232 e. The summed E-state index contributed by atoms with van der Waals surface area (Å²) in [6.45, 7) is 6.58. The fraction of sp³-hybridized carbons (Fsp3) is 0.562. The molecule has 1 atom stereocenters. The van der Waals surface area contributed by atoms with Crippen molar-refractivity contribution >= 4 is 17.7 Å². The van der Waals surface area contributed by atoms with Crippen LogP contribution in [0.4, 0.5) is 0 Å². The van der Waals surface area contributed by atoms with Gasteiger partial charge in [0.05, 0.1) is 5.75 Å². The fourth-order valence-corrected chi connectivity index (χ4v) is 3.32. The molecule has 2 N–H and O–H groups in total. The lowest BCUT2D eigenvalue weighted by atomic mass is 9.90. The molecule has 3 nitrogen and oxygen atoms in total. The van der Waals surface area contributed by atoms with Crippen molar-refractivity contribution in [1.29, 1.82) is 0 Å². The summed E-state index contributed by atoms with van der Waals surface area (Å²) in [6, 6.07) is 8.50. The van der Waals surface area contributed by atoms with Crippen molar-refractivity contribution in [2.45, 2.75) is 26.0 Å². The number of thioether (sulfide) groups is 1. The molecule has 0 radical (unpaired) electrons. The summed E-state index contributed by atoms with van der Waals surface area (Å²) in [6.07, 6.45) is 1.03. The molecule has 0 aliphatic carbocycles. The van der Waals surface area contributed by atoms with E-state index >= 15 is 0 Å². The van der Waals surface area contributed by atoms with Crippen LogP contribution >= 0.6 is 11.8 Å². The first-order chi connectivity index (χ1) is 9.52. The van der Waals surface area contributed by atoms with Crippen LogP contribution in [0.3, 0.4) is 0 Å². The number of nitrogens with two attached hydrogens (primary N) is 1. The number of hydrogen-bond acceptors (Lipinski definition) is 3. The van der Waals surface area contributed by atoms with Gasteiger partial charge in [0.2, 0.25) is 5.91 Å². The maximum atomic E-state index is 12.2. The summed E-state index contributed by atoms with van der Waals surface area (Å²) in [5, 5.41) is 0. The summed E-state index contributed by atoms with van der Waals surface area (Å²) in [4.78, 5) is 14.1. The number of benzene rings is 1. The molecule has 1 fully saturated rings. The molecule has 1 aliphatic rings. The predicted octanol–water partition coefficient (Wildman–Crippen LogP) is 2.43. The van der Waals surface area contributed by atoms with Crippen molar-refractivity contribution in [3.05, 3.63) is 35.4 Å². The average molecular weight is 292 g/mol. The molecule has 0 saturated carbocycles. The lowest BCUT2D eigenvalue weighted by Gasteiger charge is -2.22. The molecule has 1 amide bonds. The molecular formula is C16H24N2OS. The van der Waals surface area contributed by atoms with Gasteiger partial charge >= 0.3 is 0 Å². The lowest BCUT2D eigenvalue weighted by molar-refractivity contribution is -0.127. The Morgan fingerprint density at radius 1 is 1.40 bits per heavy atom.